The zero-order chi connectivity index (χ0) is 13.8. The fourth-order valence-corrected chi connectivity index (χ4v) is 2.92. The Labute approximate surface area is 113 Å². The summed E-state index contributed by atoms with van der Waals surface area (Å²) in [6, 6.07) is 0. The molecular formula is C15H33N3. The van der Waals surface area contributed by atoms with Crippen LogP contribution < -0.4 is 11.1 Å². The van der Waals surface area contributed by atoms with Crippen molar-refractivity contribution in [1.82, 2.24) is 10.2 Å². The zero-order valence-electron chi connectivity index (χ0n) is 13.1. The predicted octanol–water partition coefficient (Wildman–Crippen LogP) is 1.93. The average molecular weight is 255 g/mol. The highest BCUT2D eigenvalue weighted by molar-refractivity contribution is 4.87. The molecule has 0 aliphatic carbocycles. The topological polar surface area (TPSA) is 41.3 Å². The second-order valence-electron chi connectivity index (χ2n) is 7.54. The van der Waals surface area contributed by atoms with E-state index in [1.54, 1.807) is 0 Å². The number of hydrogen-bond donors (Lipinski definition) is 2. The van der Waals surface area contributed by atoms with Crippen LogP contribution in [0, 0.1) is 16.7 Å². The van der Waals surface area contributed by atoms with Gasteiger partial charge in [0.1, 0.15) is 0 Å². The summed E-state index contributed by atoms with van der Waals surface area (Å²) in [5, 5.41) is 3.67. The highest BCUT2D eigenvalue weighted by atomic mass is 15.1. The highest BCUT2D eigenvalue weighted by Crippen LogP contribution is 2.33. The van der Waals surface area contributed by atoms with E-state index in [0.29, 0.717) is 10.8 Å². The highest BCUT2D eigenvalue weighted by Gasteiger charge is 2.33. The SMILES string of the molecule is CN1CCC(C(C)(C)CNCC(C)(C)CCN)C1. The molecule has 0 aromatic rings. The van der Waals surface area contributed by atoms with Gasteiger partial charge in [-0.2, -0.15) is 0 Å². The third-order valence-electron chi connectivity index (χ3n) is 4.50. The van der Waals surface area contributed by atoms with E-state index in [-0.39, 0.29) is 0 Å². The molecule has 18 heavy (non-hydrogen) atoms. The molecule has 0 spiro atoms. The van der Waals surface area contributed by atoms with E-state index in [2.05, 4.69) is 45.0 Å². The molecule has 0 amide bonds. The van der Waals surface area contributed by atoms with E-state index in [1.165, 1.54) is 19.5 Å². The Morgan fingerprint density at radius 3 is 2.39 bits per heavy atom. The molecule has 0 aromatic carbocycles. The lowest BCUT2D eigenvalue weighted by molar-refractivity contribution is 0.194. The van der Waals surface area contributed by atoms with Crippen LogP contribution in [0.15, 0.2) is 0 Å². The van der Waals surface area contributed by atoms with Gasteiger partial charge < -0.3 is 16.0 Å². The molecule has 3 N–H and O–H groups in total. The lowest BCUT2D eigenvalue weighted by atomic mass is 9.78. The maximum absolute atomic E-state index is 5.65. The van der Waals surface area contributed by atoms with Crippen molar-refractivity contribution in [2.45, 2.75) is 40.5 Å². The molecule has 0 aromatic heterocycles. The maximum Gasteiger partial charge on any atom is 0.00127 e. The van der Waals surface area contributed by atoms with Crippen LogP contribution in [0.2, 0.25) is 0 Å². The third kappa shape index (κ3) is 4.87. The van der Waals surface area contributed by atoms with Crippen LogP contribution in [0.25, 0.3) is 0 Å². The Balaban J connectivity index is 2.33. The first-order valence-corrected chi connectivity index (χ1v) is 7.36. The first kappa shape index (κ1) is 15.9. The Morgan fingerprint density at radius 1 is 1.22 bits per heavy atom. The van der Waals surface area contributed by atoms with Gasteiger partial charge in [-0.05, 0) is 49.7 Å². The number of nitrogens with one attached hydrogen (secondary N) is 1. The smallest absolute Gasteiger partial charge is 0.00127 e. The molecule has 0 bridgehead atoms. The standard InChI is InChI=1S/C15H33N3/c1-14(2,7-8-16)11-17-12-15(3,4)13-6-9-18(5)10-13/h13,17H,6-12,16H2,1-5H3. The van der Waals surface area contributed by atoms with Crippen LogP contribution in [0.1, 0.15) is 40.5 Å². The predicted molar refractivity (Wildman–Crippen MR) is 79.7 cm³/mol. The molecule has 1 heterocycles. The van der Waals surface area contributed by atoms with Gasteiger partial charge in [-0.15, -0.1) is 0 Å². The van der Waals surface area contributed by atoms with Crippen molar-refractivity contribution in [2.75, 3.05) is 39.8 Å². The van der Waals surface area contributed by atoms with Crippen LogP contribution in [0.3, 0.4) is 0 Å². The van der Waals surface area contributed by atoms with Crippen LogP contribution in [0.4, 0.5) is 0 Å². The summed E-state index contributed by atoms with van der Waals surface area (Å²) >= 11 is 0. The quantitative estimate of drug-likeness (QED) is 0.730. The molecule has 1 unspecified atom stereocenters. The van der Waals surface area contributed by atoms with Crippen LogP contribution in [-0.2, 0) is 0 Å². The van der Waals surface area contributed by atoms with Crippen LogP contribution >= 0.6 is 0 Å². The van der Waals surface area contributed by atoms with Crippen molar-refractivity contribution >= 4 is 0 Å². The van der Waals surface area contributed by atoms with Crippen molar-refractivity contribution in [3.8, 4) is 0 Å². The molecule has 108 valence electrons. The van der Waals surface area contributed by atoms with Crippen molar-refractivity contribution in [3.05, 3.63) is 0 Å². The summed E-state index contributed by atoms with van der Waals surface area (Å²) < 4.78 is 0. The number of rotatable bonds is 7. The minimum atomic E-state index is 0.317. The van der Waals surface area contributed by atoms with Gasteiger partial charge >= 0.3 is 0 Å². The minimum absolute atomic E-state index is 0.317. The van der Waals surface area contributed by atoms with Gasteiger partial charge in [-0.1, -0.05) is 27.7 Å². The molecule has 1 fully saturated rings. The van der Waals surface area contributed by atoms with Crippen molar-refractivity contribution < 1.29 is 0 Å². The molecule has 0 radical (unpaired) electrons. The molecule has 1 saturated heterocycles. The Bertz CT molecular complexity index is 248. The summed E-state index contributed by atoms with van der Waals surface area (Å²) in [6.07, 6.45) is 2.43. The first-order chi connectivity index (χ1) is 8.27. The van der Waals surface area contributed by atoms with E-state index in [4.69, 9.17) is 5.73 Å². The van der Waals surface area contributed by atoms with Gasteiger partial charge in [-0.25, -0.2) is 0 Å². The Hall–Kier alpha value is -0.120. The second kappa shape index (κ2) is 6.36. The zero-order valence-corrected chi connectivity index (χ0v) is 13.1. The molecule has 1 rings (SSSR count). The molecule has 3 heteroatoms. The minimum Gasteiger partial charge on any atom is -0.330 e. The third-order valence-corrected chi connectivity index (χ3v) is 4.50. The van der Waals surface area contributed by atoms with Gasteiger partial charge in [0.15, 0.2) is 0 Å². The van der Waals surface area contributed by atoms with E-state index in [0.717, 1.165) is 32.0 Å². The average Bonchev–Trinajstić information content (AvgIpc) is 2.64. The largest absolute Gasteiger partial charge is 0.330 e. The second-order valence-corrected chi connectivity index (χ2v) is 7.54. The summed E-state index contributed by atoms with van der Waals surface area (Å²) in [5.74, 6) is 0.827. The number of nitrogens with two attached hydrogens (primary N) is 1. The van der Waals surface area contributed by atoms with E-state index in [1.807, 2.05) is 0 Å². The van der Waals surface area contributed by atoms with Crippen molar-refractivity contribution in [2.24, 2.45) is 22.5 Å². The summed E-state index contributed by atoms with van der Waals surface area (Å²) in [6.45, 7) is 14.9. The summed E-state index contributed by atoms with van der Waals surface area (Å²) in [7, 11) is 2.23. The van der Waals surface area contributed by atoms with E-state index >= 15 is 0 Å². The molecule has 0 saturated carbocycles. The van der Waals surface area contributed by atoms with Crippen molar-refractivity contribution in [3.63, 3.8) is 0 Å². The number of likely N-dealkylation sites (tertiary alicyclic amines) is 1. The molecule has 1 atom stereocenters. The maximum atomic E-state index is 5.65. The summed E-state index contributed by atoms with van der Waals surface area (Å²) in [5.41, 5.74) is 6.36. The lowest BCUT2D eigenvalue weighted by Crippen LogP contribution is -2.40. The molecule has 1 aliphatic rings. The van der Waals surface area contributed by atoms with Gasteiger partial charge in [0.05, 0.1) is 0 Å². The summed E-state index contributed by atoms with van der Waals surface area (Å²) in [4.78, 5) is 2.45. The van der Waals surface area contributed by atoms with Gasteiger partial charge in [0.2, 0.25) is 0 Å². The van der Waals surface area contributed by atoms with E-state index in [9.17, 15) is 0 Å². The molecule has 1 aliphatic heterocycles. The Kier molecular flexibility index (Phi) is 5.63. The van der Waals surface area contributed by atoms with Crippen molar-refractivity contribution in [1.29, 1.82) is 0 Å². The normalized spacial score (nSPS) is 22.7. The monoisotopic (exact) mass is 255 g/mol. The Morgan fingerprint density at radius 2 is 1.89 bits per heavy atom. The van der Waals surface area contributed by atoms with Crippen LogP contribution in [0.5, 0.6) is 0 Å². The lowest BCUT2D eigenvalue weighted by Gasteiger charge is -2.34. The fraction of sp³-hybridized carbons (Fsp3) is 1.00. The van der Waals surface area contributed by atoms with E-state index < -0.39 is 0 Å². The van der Waals surface area contributed by atoms with Gasteiger partial charge in [0, 0.05) is 19.6 Å². The van der Waals surface area contributed by atoms with Gasteiger partial charge in [-0.3, -0.25) is 0 Å². The molecule has 3 nitrogen and oxygen atoms in total. The first-order valence-electron chi connectivity index (χ1n) is 7.36. The number of hydrogen-bond acceptors (Lipinski definition) is 3. The van der Waals surface area contributed by atoms with Gasteiger partial charge in [0.25, 0.3) is 0 Å². The molecular weight excluding hydrogens is 222 g/mol. The fourth-order valence-electron chi connectivity index (χ4n) is 2.92. The van der Waals surface area contributed by atoms with Crippen LogP contribution in [-0.4, -0.2) is 44.7 Å². The number of nitrogens with zero attached hydrogens (tertiary/aromatic N) is 1.